The van der Waals surface area contributed by atoms with E-state index in [1.807, 2.05) is 0 Å². The van der Waals surface area contributed by atoms with Crippen LogP contribution in [-0.4, -0.2) is 4.57 Å². The highest BCUT2D eigenvalue weighted by atomic mass is 15.0. The molecule has 1 atom stereocenters. The average Bonchev–Trinajstić information content (AvgIpc) is 3.06. The van der Waals surface area contributed by atoms with Crippen molar-refractivity contribution in [1.29, 1.82) is 0 Å². The van der Waals surface area contributed by atoms with Crippen molar-refractivity contribution in [3.63, 3.8) is 0 Å². The van der Waals surface area contributed by atoms with Crippen LogP contribution in [-0.2, 0) is 6.42 Å². The Balaban J connectivity index is 1.87. The van der Waals surface area contributed by atoms with Crippen LogP contribution in [0.5, 0.6) is 0 Å². The van der Waals surface area contributed by atoms with E-state index < -0.39 is 0 Å². The van der Waals surface area contributed by atoms with Crippen molar-refractivity contribution in [2.24, 2.45) is 0 Å². The number of hydrogen-bond donors (Lipinski definition) is 0. The Morgan fingerprint density at radius 3 is 2.12 bits per heavy atom. The maximum Gasteiger partial charge on any atom is 0.0554 e. The quantitative estimate of drug-likeness (QED) is 0.402. The summed E-state index contributed by atoms with van der Waals surface area (Å²) < 4.78 is 2.38. The molecule has 0 aliphatic rings. The van der Waals surface area contributed by atoms with Crippen molar-refractivity contribution < 1.29 is 0 Å². The highest BCUT2D eigenvalue weighted by molar-refractivity contribution is 5.82. The molecule has 0 saturated heterocycles. The second-order valence-corrected chi connectivity index (χ2v) is 7.42. The second kappa shape index (κ2) is 8.71. The van der Waals surface area contributed by atoms with Crippen LogP contribution in [0.1, 0.15) is 45.2 Å². The highest BCUT2D eigenvalue weighted by Gasteiger charge is 2.11. The Morgan fingerprint density at radius 1 is 0.885 bits per heavy atom. The summed E-state index contributed by atoms with van der Waals surface area (Å²) in [5.74, 6) is 0. The van der Waals surface area contributed by atoms with Gasteiger partial charge in [-0.05, 0) is 56.4 Å². The van der Waals surface area contributed by atoms with Gasteiger partial charge in [0.2, 0.25) is 0 Å². The Morgan fingerprint density at radius 2 is 1.50 bits per heavy atom. The summed E-state index contributed by atoms with van der Waals surface area (Å²) in [7, 11) is 0. The molecule has 1 unspecified atom stereocenters. The maximum atomic E-state index is 2.45. The van der Waals surface area contributed by atoms with Crippen molar-refractivity contribution in [3.8, 4) is 0 Å². The Bertz CT molecular complexity index is 859. The molecule has 134 valence electrons. The number of benzene rings is 2. The number of rotatable bonds is 7. The van der Waals surface area contributed by atoms with Gasteiger partial charge in [0.15, 0.2) is 0 Å². The fraction of sp³-hybridized carbons (Fsp3) is 0.280. The van der Waals surface area contributed by atoms with Crippen molar-refractivity contribution in [2.75, 3.05) is 0 Å². The van der Waals surface area contributed by atoms with Gasteiger partial charge < -0.3 is 4.57 Å². The second-order valence-electron chi connectivity index (χ2n) is 7.42. The molecule has 1 aromatic heterocycles. The van der Waals surface area contributed by atoms with Crippen LogP contribution in [0.15, 0.2) is 90.3 Å². The van der Waals surface area contributed by atoms with E-state index in [0.717, 1.165) is 19.3 Å². The van der Waals surface area contributed by atoms with Gasteiger partial charge in [-0.1, -0.05) is 77.9 Å². The van der Waals surface area contributed by atoms with E-state index in [1.54, 1.807) is 0 Å². The molecule has 0 N–H and O–H groups in total. The monoisotopic (exact) mass is 343 g/mol. The first-order valence-electron chi connectivity index (χ1n) is 9.52. The first kappa shape index (κ1) is 18.3. The van der Waals surface area contributed by atoms with Crippen LogP contribution in [0.4, 0.5) is 0 Å². The van der Waals surface area contributed by atoms with Crippen molar-refractivity contribution in [1.82, 2.24) is 4.57 Å². The molecule has 1 nitrogen and oxygen atoms in total. The van der Waals surface area contributed by atoms with E-state index in [4.69, 9.17) is 0 Å². The Hall–Kier alpha value is -2.54. The fourth-order valence-corrected chi connectivity index (χ4v) is 3.40. The predicted octanol–water partition coefficient (Wildman–Crippen LogP) is 7.12. The lowest BCUT2D eigenvalue weighted by atomic mass is 10.0. The summed E-state index contributed by atoms with van der Waals surface area (Å²) in [5, 5.41) is 2.61. The van der Waals surface area contributed by atoms with Crippen molar-refractivity contribution >= 4 is 10.8 Å². The maximum absolute atomic E-state index is 2.45. The lowest BCUT2D eigenvalue weighted by Gasteiger charge is -2.17. The molecule has 0 bridgehead atoms. The summed E-state index contributed by atoms with van der Waals surface area (Å²) in [5.41, 5.74) is 4.24. The fourth-order valence-electron chi connectivity index (χ4n) is 3.40. The summed E-state index contributed by atoms with van der Waals surface area (Å²) in [6, 6.07) is 19.7. The van der Waals surface area contributed by atoms with Crippen LogP contribution in [0, 0.1) is 0 Å². The molecule has 0 amide bonds. The number of hydrogen-bond acceptors (Lipinski definition) is 0. The van der Waals surface area contributed by atoms with Gasteiger partial charge in [0.25, 0.3) is 0 Å². The first-order valence-corrected chi connectivity index (χ1v) is 9.52. The number of nitrogens with zero attached hydrogens (tertiary/aromatic N) is 1. The molecule has 1 heterocycles. The van der Waals surface area contributed by atoms with Gasteiger partial charge >= 0.3 is 0 Å². The third-order valence-electron chi connectivity index (χ3n) is 4.81. The van der Waals surface area contributed by atoms with Gasteiger partial charge in [0.1, 0.15) is 0 Å². The smallest absolute Gasteiger partial charge is 0.0554 e. The summed E-state index contributed by atoms with van der Waals surface area (Å²) in [4.78, 5) is 0. The number of aromatic nitrogens is 1. The number of allylic oxidation sites excluding steroid dienone is 4. The lowest BCUT2D eigenvalue weighted by molar-refractivity contribution is 0.600. The summed E-state index contributed by atoms with van der Waals surface area (Å²) in [6.45, 7) is 6.60. The van der Waals surface area contributed by atoms with E-state index in [2.05, 4.69) is 104 Å². The van der Waals surface area contributed by atoms with E-state index in [1.165, 1.54) is 27.5 Å². The molecular weight excluding hydrogens is 314 g/mol. The van der Waals surface area contributed by atoms with Gasteiger partial charge in [0, 0.05) is 12.4 Å². The normalized spacial score (nSPS) is 13.0. The minimum atomic E-state index is 0.344. The molecule has 26 heavy (non-hydrogen) atoms. The van der Waals surface area contributed by atoms with Crippen molar-refractivity contribution in [2.45, 2.75) is 46.1 Å². The minimum absolute atomic E-state index is 0.344. The molecular formula is C25H29N. The molecule has 2 aromatic carbocycles. The molecule has 0 fully saturated rings. The van der Waals surface area contributed by atoms with E-state index >= 15 is 0 Å². The average molecular weight is 344 g/mol. The summed E-state index contributed by atoms with van der Waals surface area (Å²) in [6.07, 6.45) is 12.6. The van der Waals surface area contributed by atoms with Gasteiger partial charge in [-0.25, -0.2) is 0 Å². The van der Waals surface area contributed by atoms with Crippen LogP contribution >= 0.6 is 0 Å². The number of fused-ring (bicyclic) bond motifs is 1. The molecule has 0 aliphatic carbocycles. The minimum Gasteiger partial charge on any atom is -0.346 e. The Kier molecular flexibility index (Phi) is 6.12. The van der Waals surface area contributed by atoms with Crippen LogP contribution in [0.3, 0.4) is 0 Å². The Labute approximate surface area is 157 Å². The van der Waals surface area contributed by atoms with Crippen LogP contribution in [0.25, 0.3) is 10.8 Å². The molecule has 1 heteroatoms. The predicted molar refractivity (Wildman–Crippen MR) is 114 cm³/mol. The van der Waals surface area contributed by atoms with Crippen LogP contribution < -0.4 is 0 Å². The zero-order valence-electron chi connectivity index (χ0n) is 16.2. The van der Waals surface area contributed by atoms with E-state index in [-0.39, 0.29) is 0 Å². The van der Waals surface area contributed by atoms with Gasteiger partial charge in [-0.15, -0.1) is 0 Å². The third-order valence-corrected chi connectivity index (χ3v) is 4.81. The topological polar surface area (TPSA) is 4.93 Å². The molecule has 0 aliphatic heterocycles. The van der Waals surface area contributed by atoms with E-state index in [9.17, 15) is 0 Å². The summed E-state index contributed by atoms with van der Waals surface area (Å²) >= 11 is 0. The first-order chi connectivity index (χ1) is 12.6. The molecule has 0 saturated carbocycles. The van der Waals surface area contributed by atoms with Gasteiger partial charge in [0.05, 0.1) is 6.04 Å². The third kappa shape index (κ3) is 4.98. The highest BCUT2D eigenvalue weighted by Crippen LogP contribution is 2.24. The zero-order valence-corrected chi connectivity index (χ0v) is 16.2. The van der Waals surface area contributed by atoms with Crippen LogP contribution in [0.2, 0.25) is 0 Å². The molecule has 0 spiro atoms. The molecule has 3 aromatic rings. The SMILES string of the molecule is CC(C)=CCC/C(C)=C/C(Cc1ccccc1)n1cc2ccccc2c1. The molecule has 3 rings (SSSR count). The largest absolute Gasteiger partial charge is 0.346 e. The van der Waals surface area contributed by atoms with Crippen molar-refractivity contribution in [3.05, 3.63) is 95.9 Å². The zero-order chi connectivity index (χ0) is 18.4. The lowest BCUT2D eigenvalue weighted by Crippen LogP contribution is -2.08. The van der Waals surface area contributed by atoms with Gasteiger partial charge in [-0.3, -0.25) is 0 Å². The molecule has 0 radical (unpaired) electrons. The van der Waals surface area contributed by atoms with Gasteiger partial charge in [-0.2, -0.15) is 0 Å². The standard InChI is InChI=1S/C25H29N/c1-20(2)10-9-11-21(3)16-25(17-22-12-5-4-6-13-22)26-18-23-14-7-8-15-24(23)19-26/h4-8,10,12-16,18-19,25H,9,11,17H2,1-3H3/b21-16+. The van der Waals surface area contributed by atoms with E-state index in [0.29, 0.717) is 6.04 Å².